The van der Waals surface area contributed by atoms with Crippen molar-refractivity contribution in [3.05, 3.63) is 53.9 Å². The smallest absolute Gasteiger partial charge is 0.415 e. The molecule has 0 N–H and O–H groups in total. The molecular weight excluding hydrogens is 390 g/mol. The van der Waals surface area contributed by atoms with Gasteiger partial charge in [-0.2, -0.15) is 0 Å². The maximum Gasteiger partial charge on any atom is 0.415 e. The molecule has 3 aromatic rings. The number of nitrogens with zero attached hydrogens (tertiary/aromatic N) is 3. The Balaban J connectivity index is 1.60. The van der Waals surface area contributed by atoms with E-state index in [1.165, 1.54) is 5.56 Å². The SMILES string of the molecule is CCOc1ccc(Cc2nc3cc(OC(=O)N4CCC4)ccc3n2CCC(C)C)cc1. The zero-order valence-corrected chi connectivity index (χ0v) is 18.6. The van der Waals surface area contributed by atoms with Crippen molar-refractivity contribution in [3.63, 3.8) is 0 Å². The van der Waals surface area contributed by atoms with Gasteiger partial charge in [0.25, 0.3) is 0 Å². The van der Waals surface area contributed by atoms with Crippen LogP contribution in [-0.2, 0) is 13.0 Å². The van der Waals surface area contributed by atoms with Crippen molar-refractivity contribution in [2.75, 3.05) is 19.7 Å². The Morgan fingerprint density at radius 3 is 2.48 bits per heavy atom. The van der Waals surface area contributed by atoms with Gasteiger partial charge in [0.1, 0.15) is 17.3 Å². The second kappa shape index (κ2) is 9.41. The molecule has 0 bridgehead atoms. The van der Waals surface area contributed by atoms with Crippen LogP contribution in [0.3, 0.4) is 0 Å². The van der Waals surface area contributed by atoms with Gasteiger partial charge in [-0.25, -0.2) is 9.78 Å². The fourth-order valence-electron chi connectivity index (χ4n) is 3.71. The summed E-state index contributed by atoms with van der Waals surface area (Å²) in [7, 11) is 0. The molecule has 6 heteroatoms. The first kappa shape index (κ1) is 21.2. The second-order valence-electron chi connectivity index (χ2n) is 8.48. The fraction of sp³-hybridized carbons (Fsp3) is 0.440. The highest BCUT2D eigenvalue weighted by molar-refractivity contribution is 5.80. The van der Waals surface area contributed by atoms with Crippen LogP contribution >= 0.6 is 0 Å². The highest BCUT2D eigenvalue weighted by Gasteiger charge is 2.22. The van der Waals surface area contributed by atoms with Crippen molar-refractivity contribution in [3.8, 4) is 11.5 Å². The molecule has 1 fully saturated rings. The van der Waals surface area contributed by atoms with E-state index < -0.39 is 0 Å². The van der Waals surface area contributed by atoms with E-state index in [0.29, 0.717) is 18.3 Å². The Hall–Kier alpha value is -3.02. The Kier molecular flexibility index (Phi) is 6.44. The van der Waals surface area contributed by atoms with Crippen molar-refractivity contribution >= 4 is 17.1 Å². The summed E-state index contributed by atoms with van der Waals surface area (Å²) in [6, 6.07) is 14.0. The molecule has 164 valence electrons. The lowest BCUT2D eigenvalue weighted by Gasteiger charge is -2.29. The number of carbonyl (C=O) groups is 1. The first-order valence-corrected chi connectivity index (χ1v) is 11.2. The number of hydrogen-bond donors (Lipinski definition) is 0. The topological polar surface area (TPSA) is 56.6 Å². The van der Waals surface area contributed by atoms with Gasteiger partial charge < -0.3 is 18.9 Å². The van der Waals surface area contributed by atoms with E-state index in [1.807, 2.05) is 37.3 Å². The van der Waals surface area contributed by atoms with Gasteiger partial charge in [0.05, 0.1) is 17.6 Å². The second-order valence-corrected chi connectivity index (χ2v) is 8.48. The molecular formula is C25H31N3O3. The largest absolute Gasteiger partial charge is 0.494 e. The number of rotatable bonds is 8. The first-order chi connectivity index (χ1) is 15.0. The van der Waals surface area contributed by atoms with E-state index in [2.05, 4.69) is 30.5 Å². The molecule has 0 aliphatic carbocycles. The number of fused-ring (bicyclic) bond motifs is 1. The van der Waals surface area contributed by atoms with Crippen molar-refractivity contribution in [2.24, 2.45) is 5.92 Å². The molecule has 2 heterocycles. The van der Waals surface area contributed by atoms with Crippen LogP contribution in [-0.4, -0.2) is 40.2 Å². The zero-order valence-electron chi connectivity index (χ0n) is 18.6. The number of amides is 1. The van der Waals surface area contributed by atoms with Crippen LogP contribution in [0.4, 0.5) is 4.79 Å². The monoisotopic (exact) mass is 421 g/mol. The lowest BCUT2D eigenvalue weighted by Crippen LogP contribution is -2.43. The maximum absolute atomic E-state index is 12.2. The van der Waals surface area contributed by atoms with E-state index >= 15 is 0 Å². The molecule has 31 heavy (non-hydrogen) atoms. The fourth-order valence-corrected chi connectivity index (χ4v) is 3.71. The molecule has 1 aliphatic heterocycles. The molecule has 2 aromatic carbocycles. The minimum atomic E-state index is -0.278. The summed E-state index contributed by atoms with van der Waals surface area (Å²) in [6.07, 6.45) is 2.58. The van der Waals surface area contributed by atoms with E-state index in [9.17, 15) is 4.79 Å². The molecule has 0 radical (unpaired) electrons. The molecule has 1 amide bonds. The summed E-state index contributed by atoms with van der Waals surface area (Å²) in [5.41, 5.74) is 3.12. The molecule has 6 nitrogen and oxygen atoms in total. The third-order valence-corrected chi connectivity index (χ3v) is 5.64. The minimum Gasteiger partial charge on any atom is -0.494 e. The Morgan fingerprint density at radius 1 is 1.10 bits per heavy atom. The van der Waals surface area contributed by atoms with Crippen LogP contribution in [0, 0.1) is 5.92 Å². The summed E-state index contributed by atoms with van der Waals surface area (Å²) in [5, 5.41) is 0. The van der Waals surface area contributed by atoms with Crippen LogP contribution < -0.4 is 9.47 Å². The van der Waals surface area contributed by atoms with Crippen LogP contribution in [0.5, 0.6) is 11.5 Å². The summed E-state index contributed by atoms with van der Waals surface area (Å²) in [5.74, 6) is 3.05. The average molecular weight is 422 g/mol. The number of likely N-dealkylation sites (tertiary alicyclic amines) is 1. The van der Waals surface area contributed by atoms with Crippen molar-refractivity contribution in [1.29, 1.82) is 0 Å². The Labute approximate surface area is 183 Å². The Morgan fingerprint density at radius 2 is 1.84 bits per heavy atom. The van der Waals surface area contributed by atoms with Gasteiger partial charge in [0.15, 0.2) is 0 Å². The molecule has 0 spiro atoms. The average Bonchev–Trinajstić information content (AvgIpc) is 3.02. The number of aromatic nitrogens is 2. The van der Waals surface area contributed by atoms with Gasteiger partial charge in [-0.15, -0.1) is 0 Å². The molecule has 1 saturated heterocycles. The standard InChI is InChI=1S/C25H31N3O3/c1-4-30-20-8-6-19(7-9-20)16-24-26-22-17-21(31-25(29)27-13-5-14-27)10-11-23(22)28(24)15-12-18(2)3/h6-11,17-18H,4-5,12-16H2,1-3H3. The van der Waals surface area contributed by atoms with Crippen LogP contribution in [0.15, 0.2) is 42.5 Å². The van der Waals surface area contributed by atoms with Crippen LogP contribution in [0.25, 0.3) is 11.0 Å². The summed E-state index contributed by atoms with van der Waals surface area (Å²) < 4.78 is 13.4. The van der Waals surface area contributed by atoms with Gasteiger partial charge in [0.2, 0.25) is 0 Å². The van der Waals surface area contributed by atoms with E-state index in [0.717, 1.165) is 61.5 Å². The first-order valence-electron chi connectivity index (χ1n) is 11.2. The molecule has 1 aromatic heterocycles. The number of ether oxygens (including phenoxy) is 2. The molecule has 0 saturated carbocycles. The molecule has 0 unspecified atom stereocenters. The van der Waals surface area contributed by atoms with Gasteiger partial charge >= 0.3 is 6.09 Å². The summed E-state index contributed by atoms with van der Waals surface area (Å²) in [4.78, 5) is 18.8. The molecule has 1 aliphatic rings. The number of aryl methyl sites for hydroxylation is 1. The summed E-state index contributed by atoms with van der Waals surface area (Å²) in [6.45, 7) is 9.58. The normalized spacial score (nSPS) is 13.5. The number of benzene rings is 2. The highest BCUT2D eigenvalue weighted by atomic mass is 16.6. The number of imidazole rings is 1. The van der Waals surface area contributed by atoms with E-state index in [4.69, 9.17) is 14.5 Å². The summed E-state index contributed by atoms with van der Waals surface area (Å²) >= 11 is 0. The van der Waals surface area contributed by atoms with Crippen molar-refractivity contribution in [1.82, 2.24) is 14.5 Å². The van der Waals surface area contributed by atoms with Crippen molar-refractivity contribution in [2.45, 2.75) is 46.6 Å². The van der Waals surface area contributed by atoms with E-state index in [1.54, 1.807) is 4.90 Å². The van der Waals surface area contributed by atoms with Crippen LogP contribution in [0.2, 0.25) is 0 Å². The third kappa shape index (κ3) is 5.01. The Bertz CT molecular complexity index is 1040. The highest BCUT2D eigenvalue weighted by Crippen LogP contribution is 2.26. The zero-order chi connectivity index (χ0) is 21.8. The molecule has 4 rings (SSSR count). The third-order valence-electron chi connectivity index (χ3n) is 5.64. The van der Waals surface area contributed by atoms with Gasteiger partial charge in [-0.3, -0.25) is 0 Å². The van der Waals surface area contributed by atoms with Gasteiger partial charge in [0, 0.05) is 32.1 Å². The van der Waals surface area contributed by atoms with Gasteiger partial charge in [-0.05, 0) is 55.5 Å². The molecule has 0 atom stereocenters. The van der Waals surface area contributed by atoms with Crippen molar-refractivity contribution < 1.29 is 14.3 Å². The number of carbonyl (C=O) groups excluding carboxylic acids is 1. The minimum absolute atomic E-state index is 0.278. The lowest BCUT2D eigenvalue weighted by atomic mass is 10.1. The van der Waals surface area contributed by atoms with E-state index in [-0.39, 0.29) is 6.09 Å². The quantitative estimate of drug-likeness (QED) is 0.497. The maximum atomic E-state index is 12.2. The van der Waals surface area contributed by atoms with Crippen LogP contribution in [0.1, 0.15) is 45.0 Å². The van der Waals surface area contributed by atoms with Gasteiger partial charge in [-0.1, -0.05) is 26.0 Å². The predicted octanol–water partition coefficient (Wildman–Crippen LogP) is 5.28. The number of hydrogen-bond acceptors (Lipinski definition) is 4. The lowest BCUT2D eigenvalue weighted by molar-refractivity contribution is 0.125. The predicted molar refractivity (Wildman–Crippen MR) is 122 cm³/mol.